The standard InChI is InChI=1S/C21H30N6O/c1-16-7-5-6-10-19(16)21(28)22-17-11-13-26(14-12-17)15-20-23-24-25-27(20)18-8-3-2-4-9-18/h5-7,10,17-18H,2-4,8-9,11-15H2,1H3,(H,22,28). The molecule has 1 N–H and O–H groups in total. The molecule has 0 atom stereocenters. The van der Waals surface area contributed by atoms with Crippen LogP contribution in [0.15, 0.2) is 24.3 Å². The number of rotatable bonds is 5. The highest BCUT2D eigenvalue weighted by Gasteiger charge is 2.25. The number of nitrogens with zero attached hydrogens (tertiary/aromatic N) is 5. The predicted octanol–water partition coefficient (Wildman–Crippen LogP) is 2.88. The topological polar surface area (TPSA) is 75.9 Å². The molecule has 2 fully saturated rings. The zero-order valence-corrected chi connectivity index (χ0v) is 16.7. The van der Waals surface area contributed by atoms with Crippen LogP contribution in [0.3, 0.4) is 0 Å². The third-order valence-electron chi connectivity index (χ3n) is 6.16. The van der Waals surface area contributed by atoms with Crippen molar-refractivity contribution in [1.29, 1.82) is 0 Å². The minimum absolute atomic E-state index is 0.0396. The molecular formula is C21H30N6O. The molecule has 4 rings (SSSR count). The van der Waals surface area contributed by atoms with Gasteiger partial charge in [0.05, 0.1) is 12.6 Å². The van der Waals surface area contributed by atoms with Crippen molar-refractivity contribution in [2.45, 2.75) is 70.5 Å². The fraction of sp³-hybridized carbons (Fsp3) is 0.619. The number of hydrogen-bond acceptors (Lipinski definition) is 5. The number of carbonyl (C=O) groups excluding carboxylic acids is 1. The summed E-state index contributed by atoms with van der Waals surface area (Å²) in [6, 6.07) is 8.45. The first-order valence-corrected chi connectivity index (χ1v) is 10.6. The lowest BCUT2D eigenvalue weighted by Gasteiger charge is -2.32. The maximum Gasteiger partial charge on any atom is 0.251 e. The van der Waals surface area contributed by atoms with Crippen LogP contribution in [0.5, 0.6) is 0 Å². The van der Waals surface area contributed by atoms with Gasteiger partial charge in [-0.15, -0.1) is 5.10 Å². The highest BCUT2D eigenvalue weighted by Crippen LogP contribution is 2.28. The van der Waals surface area contributed by atoms with Gasteiger partial charge in [-0.3, -0.25) is 9.69 Å². The summed E-state index contributed by atoms with van der Waals surface area (Å²) in [5.74, 6) is 1.02. The normalized spacial score (nSPS) is 19.6. The molecule has 1 aliphatic carbocycles. The molecule has 1 aromatic heterocycles. The van der Waals surface area contributed by atoms with Gasteiger partial charge in [0.2, 0.25) is 0 Å². The van der Waals surface area contributed by atoms with Gasteiger partial charge in [0.25, 0.3) is 5.91 Å². The molecule has 0 spiro atoms. The van der Waals surface area contributed by atoms with E-state index in [-0.39, 0.29) is 11.9 Å². The smallest absolute Gasteiger partial charge is 0.251 e. The monoisotopic (exact) mass is 382 g/mol. The Morgan fingerprint density at radius 1 is 1.11 bits per heavy atom. The number of aryl methyl sites for hydroxylation is 1. The van der Waals surface area contributed by atoms with Crippen molar-refractivity contribution in [3.63, 3.8) is 0 Å². The predicted molar refractivity (Wildman–Crippen MR) is 107 cm³/mol. The molecule has 2 heterocycles. The van der Waals surface area contributed by atoms with Gasteiger partial charge in [0, 0.05) is 24.7 Å². The molecule has 2 aliphatic rings. The lowest BCUT2D eigenvalue weighted by Crippen LogP contribution is -2.44. The number of likely N-dealkylation sites (tertiary alicyclic amines) is 1. The molecule has 0 bridgehead atoms. The number of benzene rings is 1. The molecule has 0 radical (unpaired) electrons. The molecule has 0 unspecified atom stereocenters. The third-order valence-corrected chi connectivity index (χ3v) is 6.16. The second kappa shape index (κ2) is 8.82. The minimum atomic E-state index is 0.0396. The number of piperidine rings is 1. The van der Waals surface area contributed by atoms with Gasteiger partial charge in [-0.05, 0) is 54.7 Å². The van der Waals surface area contributed by atoms with Gasteiger partial charge in [-0.2, -0.15) is 0 Å². The summed E-state index contributed by atoms with van der Waals surface area (Å²) in [5.41, 5.74) is 1.79. The van der Waals surface area contributed by atoms with Crippen molar-refractivity contribution in [3.8, 4) is 0 Å². The van der Waals surface area contributed by atoms with Crippen molar-refractivity contribution in [2.75, 3.05) is 13.1 Å². The van der Waals surface area contributed by atoms with E-state index >= 15 is 0 Å². The minimum Gasteiger partial charge on any atom is -0.349 e. The second-order valence-electron chi connectivity index (χ2n) is 8.17. The lowest BCUT2D eigenvalue weighted by atomic mass is 9.95. The van der Waals surface area contributed by atoms with Crippen LogP contribution in [-0.4, -0.2) is 50.1 Å². The van der Waals surface area contributed by atoms with Gasteiger partial charge in [-0.1, -0.05) is 37.5 Å². The van der Waals surface area contributed by atoms with Crippen LogP contribution in [-0.2, 0) is 6.54 Å². The largest absolute Gasteiger partial charge is 0.349 e. The summed E-state index contributed by atoms with van der Waals surface area (Å²) >= 11 is 0. The summed E-state index contributed by atoms with van der Waals surface area (Å²) in [4.78, 5) is 14.9. The van der Waals surface area contributed by atoms with E-state index in [9.17, 15) is 4.79 Å². The quantitative estimate of drug-likeness (QED) is 0.860. The Bertz CT molecular complexity index is 790. The van der Waals surface area contributed by atoms with Gasteiger partial charge in [0.15, 0.2) is 5.82 Å². The molecule has 1 amide bonds. The average molecular weight is 383 g/mol. The molecule has 1 saturated carbocycles. The SMILES string of the molecule is Cc1ccccc1C(=O)NC1CCN(Cc2nnnn2C2CCCCC2)CC1. The number of tetrazole rings is 1. The maximum atomic E-state index is 12.5. The summed E-state index contributed by atoms with van der Waals surface area (Å²) < 4.78 is 2.06. The Labute approximate surface area is 166 Å². The number of carbonyl (C=O) groups is 1. The zero-order chi connectivity index (χ0) is 19.3. The highest BCUT2D eigenvalue weighted by atomic mass is 16.1. The van der Waals surface area contributed by atoms with E-state index in [0.29, 0.717) is 6.04 Å². The van der Waals surface area contributed by atoms with Crippen molar-refractivity contribution in [2.24, 2.45) is 0 Å². The van der Waals surface area contributed by atoms with Crippen molar-refractivity contribution in [3.05, 3.63) is 41.2 Å². The Hall–Kier alpha value is -2.28. The van der Waals surface area contributed by atoms with E-state index in [2.05, 4.69) is 30.4 Å². The first kappa shape index (κ1) is 19.1. The third kappa shape index (κ3) is 4.41. The number of amides is 1. The Balaban J connectivity index is 1.29. The molecule has 1 aliphatic heterocycles. The highest BCUT2D eigenvalue weighted by molar-refractivity contribution is 5.95. The first-order valence-electron chi connectivity index (χ1n) is 10.6. The molecule has 1 aromatic carbocycles. The second-order valence-corrected chi connectivity index (χ2v) is 8.17. The zero-order valence-electron chi connectivity index (χ0n) is 16.7. The van der Waals surface area contributed by atoms with E-state index < -0.39 is 0 Å². The molecule has 2 aromatic rings. The Kier molecular flexibility index (Phi) is 6.00. The Morgan fingerprint density at radius 2 is 1.86 bits per heavy atom. The summed E-state index contributed by atoms with van der Waals surface area (Å²) in [6.07, 6.45) is 8.17. The van der Waals surface area contributed by atoms with Crippen LogP contribution in [0, 0.1) is 6.92 Å². The number of nitrogens with one attached hydrogen (secondary N) is 1. The van der Waals surface area contributed by atoms with Gasteiger partial charge >= 0.3 is 0 Å². The molecule has 28 heavy (non-hydrogen) atoms. The van der Waals surface area contributed by atoms with E-state index in [0.717, 1.165) is 49.4 Å². The van der Waals surface area contributed by atoms with Crippen molar-refractivity contribution >= 4 is 5.91 Å². The summed E-state index contributed by atoms with van der Waals surface area (Å²) in [7, 11) is 0. The fourth-order valence-electron chi connectivity index (χ4n) is 4.45. The fourth-order valence-corrected chi connectivity index (χ4v) is 4.45. The molecular weight excluding hydrogens is 352 g/mol. The lowest BCUT2D eigenvalue weighted by molar-refractivity contribution is 0.0906. The first-order chi connectivity index (χ1) is 13.7. The Morgan fingerprint density at radius 3 is 2.61 bits per heavy atom. The van der Waals surface area contributed by atoms with E-state index in [4.69, 9.17) is 0 Å². The van der Waals surface area contributed by atoms with Gasteiger partial charge in [0.1, 0.15) is 0 Å². The van der Waals surface area contributed by atoms with Crippen LogP contribution < -0.4 is 5.32 Å². The van der Waals surface area contributed by atoms with Crippen molar-refractivity contribution in [1.82, 2.24) is 30.4 Å². The number of aromatic nitrogens is 4. The van der Waals surface area contributed by atoms with Gasteiger partial charge < -0.3 is 5.32 Å². The summed E-state index contributed by atoms with van der Waals surface area (Å²) in [5, 5.41) is 15.7. The van der Waals surface area contributed by atoms with Crippen LogP contribution in [0.2, 0.25) is 0 Å². The van der Waals surface area contributed by atoms with Crippen LogP contribution in [0.1, 0.15) is 72.7 Å². The molecule has 7 nitrogen and oxygen atoms in total. The van der Waals surface area contributed by atoms with E-state index in [1.54, 1.807) is 0 Å². The maximum absolute atomic E-state index is 12.5. The van der Waals surface area contributed by atoms with Crippen molar-refractivity contribution < 1.29 is 4.79 Å². The van der Waals surface area contributed by atoms with Crippen LogP contribution in [0.25, 0.3) is 0 Å². The summed E-state index contributed by atoms with van der Waals surface area (Å²) in [6.45, 7) is 4.68. The average Bonchev–Trinajstić information content (AvgIpc) is 3.18. The number of hydrogen-bond donors (Lipinski definition) is 1. The van der Waals surface area contributed by atoms with Crippen LogP contribution >= 0.6 is 0 Å². The van der Waals surface area contributed by atoms with Crippen LogP contribution in [0.4, 0.5) is 0 Å². The molecule has 7 heteroatoms. The molecule has 150 valence electrons. The molecule has 1 saturated heterocycles. The van der Waals surface area contributed by atoms with E-state index in [1.165, 1.54) is 32.1 Å². The van der Waals surface area contributed by atoms with Gasteiger partial charge in [-0.25, -0.2) is 4.68 Å². The van der Waals surface area contributed by atoms with E-state index in [1.807, 2.05) is 31.2 Å².